The van der Waals surface area contributed by atoms with E-state index in [1.54, 1.807) is 36.4 Å². The van der Waals surface area contributed by atoms with Crippen LogP contribution in [0, 0.1) is 5.82 Å². The molecule has 0 atom stereocenters. The summed E-state index contributed by atoms with van der Waals surface area (Å²) in [7, 11) is 0. The van der Waals surface area contributed by atoms with Crippen molar-refractivity contribution < 1.29 is 14.4 Å². The largest absolute Gasteiger partial charge is 0.409 e. The highest BCUT2D eigenvalue weighted by Gasteiger charge is 2.11. The van der Waals surface area contributed by atoms with Gasteiger partial charge in [-0.3, -0.25) is 4.79 Å². The lowest BCUT2D eigenvalue weighted by Crippen LogP contribution is -2.27. The number of fused-ring (bicyclic) bond motifs is 1. The second-order valence-corrected chi connectivity index (χ2v) is 5.78. The molecule has 0 aliphatic heterocycles. The van der Waals surface area contributed by atoms with E-state index in [1.807, 2.05) is 0 Å². The van der Waals surface area contributed by atoms with Crippen molar-refractivity contribution in [2.75, 3.05) is 0 Å². The van der Waals surface area contributed by atoms with Gasteiger partial charge in [-0.25, -0.2) is 9.07 Å². The summed E-state index contributed by atoms with van der Waals surface area (Å²) >= 11 is 3.20. The molecule has 0 fully saturated rings. The smallest absolute Gasteiger partial charge is 0.196 e. The number of hydrogen-bond donors (Lipinski definition) is 1. The van der Waals surface area contributed by atoms with Crippen molar-refractivity contribution in [3.63, 3.8) is 0 Å². The molecule has 3 aromatic rings. The average molecular weight is 376 g/mol. The third kappa shape index (κ3) is 2.87. The molecule has 0 aliphatic carbocycles. The number of aldehydes is 1. The molecule has 5 nitrogen and oxygen atoms in total. The Balaban J connectivity index is 2.23. The van der Waals surface area contributed by atoms with Crippen LogP contribution in [0.2, 0.25) is 0 Å². The molecule has 0 amide bonds. The highest BCUT2D eigenvalue weighted by atomic mass is 79.9. The van der Waals surface area contributed by atoms with Gasteiger partial charge in [0.05, 0.1) is 6.54 Å². The van der Waals surface area contributed by atoms with Crippen LogP contribution < -0.4 is 5.49 Å². The molecule has 0 radical (unpaired) electrons. The number of rotatable bonds is 3. The first-order valence-corrected chi connectivity index (χ1v) is 7.50. The Hall–Kier alpha value is -2.54. The summed E-state index contributed by atoms with van der Waals surface area (Å²) in [5.41, 5.74) is 0.724. The zero-order chi connectivity index (χ0) is 16.4. The summed E-state index contributed by atoms with van der Waals surface area (Å²) in [4.78, 5) is 11.3. The van der Waals surface area contributed by atoms with Crippen LogP contribution in [0.3, 0.4) is 0 Å². The maximum atomic E-state index is 14.0. The molecule has 116 valence electrons. The molecule has 0 saturated heterocycles. The van der Waals surface area contributed by atoms with Crippen molar-refractivity contribution in [3.05, 3.63) is 69.5 Å². The lowest BCUT2D eigenvalue weighted by Gasteiger charge is -2.10. The van der Waals surface area contributed by atoms with Crippen molar-refractivity contribution in [2.45, 2.75) is 6.54 Å². The van der Waals surface area contributed by atoms with Gasteiger partial charge in [-0.05, 0) is 12.1 Å². The zero-order valence-electron chi connectivity index (χ0n) is 11.8. The monoisotopic (exact) mass is 375 g/mol. The van der Waals surface area contributed by atoms with Gasteiger partial charge in [0.15, 0.2) is 11.8 Å². The fraction of sp³-hybridized carbons (Fsp3) is 0.0625. The van der Waals surface area contributed by atoms with Crippen LogP contribution in [-0.4, -0.2) is 21.3 Å². The van der Waals surface area contributed by atoms with Crippen LogP contribution in [0.25, 0.3) is 10.8 Å². The minimum Gasteiger partial charge on any atom is -0.409 e. The van der Waals surface area contributed by atoms with Gasteiger partial charge in [-0.1, -0.05) is 51.4 Å². The van der Waals surface area contributed by atoms with Crippen LogP contribution >= 0.6 is 15.9 Å². The molecule has 23 heavy (non-hydrogen) atoms. The van der Waals surface area contributed by atoms with Crippen molar-refractivity contribution in [2.24, 2.45) is 5.16 Å². The van der Waals surface area contributed by atoms with Crippen molar-refractivity contribution in [1.82, 2.24) is 9.78 Å². The van der Waals surface area contributed by atoms with Crippen molar-refractivity contribution in [3.8, 4) is 0 Å². The summed E-state index contributed by atoms with van der Waals surface area (Å²) in [6.07, 6.45) is 0.623. The molecule has 1 heterocycles. The Kier molecular flexibility index (Phi) is 4.20. The number of halogens is 2. The molecule has 0 spiro atoms. The number of benzene rings is 2. The second kappa shape index (κ2) is 6.29. The number of hydrogen-bond acceptors (Lipinski definition) is 4. The normalized spacial score (nSPS) is 11.8. The fourth-order valence-electron chi connectivity index (χ4n) is 2.39. The van der Waals surface area contributed by atoms with Gasteiger partial charge in [0.25, 0.3) is 0 Å². The Bertz CT molecular complexity index is 969. The van der Waals surface area contributed by atoms with Crippen LogP contribution in [0.4, 0.5) is 4.39 Å². The predicted octanol–water partition coefficient (Wildman–Crippen LogP) is 3.09. The minimum absolute atomic E-state index is 0.0319. The van der Waals surface area contributed by atoms with Gasteiger partial charge >= 0.3 is 0 Å². The maximum Gasteiger partial charge on any atom is 0.196 e. The molecule has 0 bridgehead atoms. The molecular formula is C16H11BrFN3O2. The highest BCUT2D eigenvalue weighted by Crippen LogP contribution is 2.17. The van der Waals surface area contributed by atoms with Crippen LogP contribution in [0.15, 0.2) is 52.1 Å². The summed E-state index contributed by atoms with van der Waals surface area (Å²) in [6.45, 7) is 0.0319. The van der Waals surface area contributed by atoms with E-state index in [1.165, 1.54) is 10.7 Å². The topological polar surface area (TPSA) is 67.5 Å². The van der Waals surface area contributed by atoms with Crippen molar-refractivity contribution >= 4 is 33.0 Å². The highest BCUT2D eigenvalue weighted by molar-refractivity contribution is 9.10. The van der Waals surface area contributed by atoms with E-state index in [4.69, 9.17) is 0 Å². The Labute approximate surface area is 138 Å². The van der Waals surface area contributed by atoms with Gasteiger partial charge in [-0.15, -0.1) is 0 Å². The molecule has 3 rings (SSSR count). The van der Waals surface area contributed by atoms with Gasteiger partial charge < -0.3 is 5.21 Å². The van der Waals surface area contributed by atoms with E-state index in [-0.39, 0.29) is 17.7 Å². The van der Waals surface area contributed by atoms with Crippen LogP contribution in [0.1, 0.15) is 16.1 Å². The van der Waals surface area contributed by atoms with Gasteiger partial charge in [-0.2, -0.15) is 5.10 Å². The van der Waals surface area contributed by atoms with Gasteiger partial charge in [0, 0.05) is 20.8 Å². The lowest BCUT2D eigenvalue weighted by atomic mass is 10.1. The van der Waals surface area contributed by atoms with Crippen molar-refractivity contribution in [1.29, 1.82) is 0 Å². The lowest BCUT2D eigenvalue weighted by molar-refractivity contribution is 0.111. The van der Waals surface area contributed by atoms with Crippen LogP contribution in [-0.2, 0) is 6.54 Å². The van der Waals surface area contributed by atoms with E-state index in [0.29, 0.717) is 27.1 Å². The summed E-state index contributed by atoms with van der Waals surface area (Å²) in [5, 5.41) is 17.9. The molecule has 2 aromatic carbocycles. The first kappa shape index (κ1) is 15.4. The number of nitrogens with zero attached hydrogens (tertiary/aromatic N) is 3. The third-order valence-electron chi connectivity index (χ3n) is 3.46. The first-order valence-electron chi connectivity index (χ1n) is 6.71. The standard InChI is InChI=1S/C16H11BrFN3O2/c17-11-6-5-10(14(18)7-11)8-21-16(20-23)13-4-2-1-3-12(13)15(9-22)19-21/h1-7,9,23H,8H2. The first-order chi connectivity index (χ1) is 11.1. The Morgan fingerprint density at radius 3 is 2.65 bits per heavy atom. The van der Waals surface area contributed by atoms with Gasteiger partial charge in [0.2, 0.25) is 0 Å². The average Bonchev–Trinajstić information content (AvgIpc) is 2.56. The predicted molar refractivity (Wildman–Crippen MR) is 85.7 cm³/mol. The Morgan fingerprint density at radius 2 is 2.00 bits per heavy atom. The van der Waals surface area contributed by atoms with E-state index in [9.17, 15) is 14.4 Å². The van der Waals surface area contributed by atoms with E-state index < -0.39 is 5.82 Å². The fourth-order valence-corrected chi connectivity index (χ4v) is 2.72. The number of aromatic nitrogens is 2. The van der Waals surface area contributed by atoms with Crippen LogP contribution in [0.5, 0.6) is 0 Å². The zero-order valence-corrected chi connectivity index (χ0v) is 13.4. The second-order valence-electron chi connectivity index (χ2n) is 4.87. The maximum absolute atomic E-state index is 14.0. The SMILES string of the molecule is O=Cc1nn(Cc2ccc(Br)cc2F)c(=NO)c2ccccc12. The molecular weight excluding hydrogens is 365 g/mol. The van der Waals surface area contributed by atoms with E-state index in [0.717, 1.165) is 0 Å². The van der Waals surface area contributed by atoms with Gasteiger partial charge in [0.1, 0.15) is 11.5 Å². The molecule has 0 saturated carbocycles. The van der Waals surface area contributed by atoms with E-state index >= 15 is 0 Å². The molecule has 0 aliphatic rings. The van der Waals surface area contributed by atoms with E-state index in [2.05, 4.69) is 26.2 Å². The summed E-state index contributed by atoms with van der Waals surface area (Å²) < 4.78 is 16.0. The quantitative estimate of drug-likeness (QED) is 0.434. The summed E-state index contributed by atoms with van der Waals surface area (Å²) in [5.74, 6) is -0.418. The number of carbonyl (C=O) groups is 1. The minimum atomic E-state index is -0.418. The summed E-state index contributed by atoms with van der Waals surface area (Å²) in [6, 6.07) is 11.6. The molecule has 1 aromatic heterocycles. The third-order valence-corrected chi connectivity index (χ3v) is 3.95. The Morgan fingerprint density at radius 1 is 1.26 bits per heavy atom. The molecule has 1 N–H and O–H groups in total. The molecule has 0 unspecified atom stereocenters. The number of carbonyl (C=O) groups excluding carboxylic acids is 1. The molecule has 7 heteroatoms.